The van der Waals surface area contributed by atoms with E-state index < -0.39 is 48.1 Å². The number of benzene rings is 3. The first-order chi connectivity index (χ1) is 28.0. The lowest BCUT2D eigenvalue weighted by atomic mass is 9.98. The number of ether oxygens (including phenoxy) is 3. The lowest BCUT2D eigenvalue weighted by Crippen LogP contribution is -2.34. The summed E-state index contributed by atoms with van der Waals surface area (Å²) < 4.78 is 33.0. The topological polar surface area (TPSA) is 198 Å². The minimum atomic E-state index is -1.32. The van der Waals surface area contributed by atoms with Gasteiger partial charge in [-0.05, 0) is 74.2 Å². The number of hydrogen-bond acceptors (Lipinski definition) is 10. The van der Waals surface area contributed by atoms with Gasteiger partial charge in [0.25, 0.3) is 0 Å². The molecule has 3 aromatic carbocycles. The van der Waals surface area contributed by atoms with Crippen LogP contribution < -0.4 is 15.4 Å². The first-order valence-corrected chi connectivity index (χ1v) is 18.5. The van der Waals surface area contributed by atoms with Gasteiger partial charge in [0, 0.05) is 42.9 Å². The lowest BCUT2D eigenvalue weighted by molar-refractivity contribution is -0.115. The number of alkyl carbamates (subject to hydrolysis) is 1. The second kappa shape index (κ2) is 17.1. The second-order valence-electron chi connectivity index (χ2n) is 14.8. The molecule has 2 heterocycles. The molecule has 5 aromatic rings. The highest BCUT2D eigenvalue weighted by Gasteiger charge is 2.30. The van der Waals surface area contributed by atoms with Gasteiger partial charge in [-0.25, -0.2) is 23.8 Å². The summed E-state index contributed by atoms with van der Waals surface area (Å²) in [6.07, 6.45) is -1.21. The van der Waals surface area contributed by atoms with Crippen molar-refractivity contribution < 1.29 is 42.9 Å². The summed E-state index contributed by atoms with van der Waals surface area (Å²) in [5.74, 6) is -3.15. The third kappa shape index (κ3) is 9.31. The van der Waals surface area contributed by atoms with Crippen molar-refractivity contribution in [2.75, 3.05) is 25.5 Å². The molecule has 3 amide bonds. The monoisotopic (exact) mass is 803 g/mol. The Balaban J connectivity index is 1.24. The Morgan fingerprint density at radius 2 is 1.69 bits per heavy atom. The number of amides is 3. The highest BCUT2D eigenvalue weighted by Crippen LogP contribution is 2.44. The summed E-state index contributed by atoms with van der Waals surface area (Å²) in [7, 11) is 3.07. The van der Waals surface area contributed by atoms with E-state index in [4.69, 9.17) is 14.2 Å². The van der Waals surface area contributed by atoms with E-state index >= 15 is 0 Å². The number of halogens is 1. The molecule has 2 aromatic heterocycles. The summed E-state index contributed by atoms with van der Waals surface area (Å²) in [4.78, 5) is 56.7. The maximum atomic E-state index is 14.4. The minimum Gasteiger partial charge on any atom is -0.482 e. The van der Waals surface area contributed by atoms with Crippen LogP contribution in [0.5, 0.6) is 5.75 Å². The fraction of sp³-hybridized carbons (Fsp3) is 0.279. The number of anilines is 1. The summed E-state index contributed by atoms with van der Waals surface area (Å²) in [6.45, 7) is 6.12. The maximum absolute atomic E-state index is 14.4. The number of nitriles is 1. The number of carboxylic acids is 1. The van der Waals surface area contributed by atoms with Crippen LogP contribution >= 0.6 is 0 Å². The number of nitrogens with zero attached hydrogens (tertiary/aromatic N) is 5. The van der Waals surface area contributed by atoms with Crippen LogP contribution in [0.3, 0.4) is 0 Å². The van der Waals surface area contributed by atoms with Crippen LogP contribution in [-0.2, 0) is 27.9 Å². The van der Waals surface area contributed by atoms with E-state index in [1.165, 1.54) is 35.8 Å². The highest BCUT2D eigenvalue weighted by molar-refractivity contribution is 5.94. The van der Waals surface area contributed by atoms with Crippen LogP contribution in [0.4, 0.5) is 19.8 Å². The molecule has 304 valence electrons. The van der Waals surface area contributed by atoms with Crippen LogP contribution in [0.1, 0.15) is 78.2 Å². The molecular weight excluding hydrogens is 762 g/mol. The number of carbonyl (C=O) groups is 4. The lowest BCUT2D eigenvalue weighted by Gasteiger charge is -2.24. The number of aromatic carboxylic acids is 1. The van der Waals surface area contributed by atoms with E-state index in [0.717, 1.165) is 40.5 Å². The van der Waals surface area contributed by atoms with E-state index in [1.54, 1.807) is 27.8 Å². The normalized spacial score (nSPS) is 12.4. The minimum absolute atomic E-state index is 0.00383. The van der Waals surface area contributed by atoms with Gasteiger partial charge in [0.05, 0.1) is 17.8 Å². The van der Waals surface area contributed by atoms with Gasteiger partial charge < -0.3 is 34.9 Å². The van der Waals surface area contributed by atoms with Crippen molar-refractivity contribution in [1.29, 1.82) is 5.26 Å². The van der Waals surface area contributed by atoms with Crippen molar-refractivity contribution >= 4 is 29.9 Å². The molecule has 16 heteroatoms. The molecule has 0 fully saturated rings. The summed E-state index contributed by atoms with van der Waals surface area (Å²) in [5.41, 5.74) is 4.20. The molecule has 0 aliphatic heterocycles. The summed E-state index contributed by atoms with van der Waals surface area (Å²) in [5, 5.41) is 29.5. The standard InChI is InChI=1S/C43H42FN7O8/c1-24(32-18-26(44)15-16-31(32)40(53)54)58-36-17-25(38-34(49-51(6)35(38)19-45)22-50(5)42(56)59-43(2,3)4)20-46-39(36)48-37(52)21-47-41(55)57-23-33-29-13-9-7-11-27(29)28-12-8-10-14-30(28)33/h7-18,20,24,33H,21-23H2,1-6H3,(H,47,55)(H,53,54)(H,46,48,52)/t24-/m1/s1. The first kappa shape index (κ1) is 41.4. The SMILES string of the molecule is C[C@@H](Oc1cc(-c2c(CN(C)C(=O)OC(C)(C)C)nn(C)c2C#N)cnc1NC(=O)CNC(=O)OCC1c2ccccc2-c2ccccc21)c1cc(F)ccc1C(=O)O. The molecule has 15 nitrogen and oxygen atoms in total. The molecule has 6 rings (SSSR count). The Morgan fingerprint density at radius 3 is 2.32 bits per heavy atom. The average Bonchev–Trinajstić information content (AvgIpc) is 3.68. The first-order valence-electron chi connectivity index (χ1n) is 18.5. The van der Waals surface area contributed by atoms with E-state index in [0.29, 0.717) is 11.3 Å². The molecule has 0 saturated carbocycles. The van der Waals surface area contributed by atoms with Gasteiger partial charge in [-0.1, -0.05) is 48.5 Å². The van der Waals surface area contributed by atoms with E-state index in [9.17, 15) is 33.9 Å². The molecule has 3 N–H and O–H groups in total. The molecular formula is C43H42FN7O8. The van der Waals surface area contributed by atoms with Crippen molar-refractivity contribution in [1.82, 2.24) is 25.0 Å². The quantitative estimate of drug-likeness (QED) is 0.116. The molecule has 0 spiro atoms. The smallest absolute Gasteiger partial charge is 0.410 e. The Morgan fingerprint density at radius 1 is 1.03 bits per heavy atom. The zero-order chi connectivity index (χ0) is 42.6. The number of pyridine rings is 1. The Bertz CT molecular complexity index is 2440. The van der Waals surface area contributed by atoms with Gasteiger partial charge in [-0.3, -0.25) is 9.48 Å². The van der Waals surface area contributed by atoms with Gasteiger partial charge in [-0.2, -0.15) is 10.4 Å². The van der Waals surface area contributed by atoms with Crippen molar-refractivity contribution in [2.45, 2.75) is 51.9 Å². The van der Waals surface area contributed by atoms with Gasteiger partial charge in [0.1, 0.15) is 42.4 Å². The van der Waals surface area contributed by atoms with Gasteiger partial charge in [0.15, 0.2) is 11.6 Å². The molecule has 1 aliphatic carbocycles. The largest absolute Gasteiger partial charge is 0.482 e. The van der Waals surface area contributed by atoms with Crippen LogP contribution in [0, 0.1) is 17.1 Å². The van der Waals surface area contributed by atoms with Crippen LogP contribution in [0.2, 0.25) is 0 Å². The van der Waals surface area contributed by atoms with Crippen LogP contribution in [-0.4, -0.2) is 74.6 Å². The number of carboxylic acid groups (broad SMARTS) is 1. The zero-order valence-electron chi connectivity index (χ0n) is 33.2. The van der Waals surface area contributed by atoms with E-state index in [-0.39, 0.29) is 53.0 Å². The number of hydrogen-bond donors (Lipinski definition) is 3. The van der Waals surface area contributed by atoms with Crippen molar-refractivity contribution in [3.8, 4) is 34.1 Å². The van der Waals surface area contributed by atoms with Gasteiger partial charge in [0.2, 0.25) is 5.91 Å². The van der Waals surface area contributed by atoms with Gasteiger partial charge in [-0.15, -0.1) is 0 Å². The number of aromatic nitrogens is 3. The van der Waals surface area contributed by atoms with E-state index in [1.807, 2.05) is 48.5 Å². The number of fused-ring (bicyclic) bond motifs is 3. The Hall–Kier alpha value is -7.28. The second-order valence-corrected chi connectivity index (χ2v) is 14.8. The average molecular weight is 804 g/mol. The Kier molecular flexibility index (Phi) is 12.0. The molecule has 1 aliphatic rings. The van der Waals surface area contributed by atoms with Crippen LogP contribution in [0.15, 0.2) is 79.0 Å². The fourth-order valence-electron chi connectivity index (χ4n) is 6.81. The van der Waals surface area contributed by atoms with Gasteiger partial charge >= 0.3 is 18.2 Å². The number of nitrogens with one attached hydrogen (secondary N) is 2. The number of rotatable bonds is 12. The van der Waals surface area contributed by atoms with Crippen molar-refractivity contribution in [3.63, 3.8) is 0 Å². The summed E-state index contributed by atoms with van der Waals surface area (Å²) >= 11 is 0. The Labute approximate surface area is 339 Å². The van der Waals surface area contributed by atoms with Crippen molar-refractivity contribution in [2.24, 2.45) is 7.05 Å². The van der Waals surface area contributed by atoms with Crippen LogP contribution in [0.25, 0.3) is 22.3 Å². The summed E-state index contributed by atoms with van der Waals surface area (Å²) in [6, 6.07) is 22.5. The molecule has 0 bridgehead atoms. The number of aryl methyl sites for hydroxylation is 1. The predicted molar refractivity (Wildman–Crippen MR) is 213 cm³/mol. The number of carbonyl (C=O) groups excluding carboxylic acids is 3. The van der Waals surface area contributed by atoms with Crippen molar-refractivity contribution in [3.05, 3.63) is 118 Å². The molecule has 1 atom stereocenters. The fourth-order valence-corrected chi connectivity index (χ4v) is 6.81. The van der Waals surface area contributed by atoms with E-state index in [2.05, 4.69) is 26.8 Å². The zero-order valence-corrected chi connectivity index (χ0v) is 33.2. The molecule has 0 radical (unpaired) electrons. The third-order valence-electron chi connectivity index (χ3n) is 9.44. The predicted octanol–water partition coefficient (Wildman–Crippen LogP) is 7.18. The third-order valence-corrected chi connectivity index (χ3v) is 9.44. The highest BCUT2D eigenvalue weighted by atomic mass is 19.1. The maximum Gasteiger partial charge on any atom is 0.410 e. The molecule has 59 heavy (non-hydrogen) atoms. The molecule has 0 saturated heterocycles. The molecule has 0 unspecified atom stereocenters.